The minimum absolute atomic E-state index is 0.0581. The second-order valence-corrected chi connectivity index (χ2v) is 9.63. The number of nitrogens with zero attached hydrogens (tertiary/aromatic N) is 1. The molecule has 2 heteroatoms. The zero-order valence-electron chi connectivity index (χ0n) is 16.5. The molecule has 1 aromatic rings. The predicted molar refractivity (Wildman–Crippen MR) is 102 cm³/mol. The van der Waals surface area contributed by atoms with Crippen LogP contribution in [-0.2, 0) is 17.3 Å². The van der Waals surface area contributed by atoms with Crippen LogP contribution in [0, 0.1) is 0 Å². The monoisotopic (exact) mass is 314 g/mol. The van der Waals surface area contributed by atoms with Crippen LogP contribution in [0.15, 0.2) is 17.2 Å². The van der Waals surface area contributed by atoms with Gasteiger partial charge in [-0.15, -0.1) is 0 Å². The summed E-state index contributed by atoms with van der Waals surface area (Å²) in [5.41, 5.74) is 10.5. The summed E-state index contributed by atoms with van der Waals surface area (Å²) in [4.78, 5) is 0. The van der Waals surface area contributed by atoms with Crippen molar-refractivity contribution in [2.24, 2.45) is 5.10 Å². The second-order valence-electron chi connectivity index (χ2n) is 9.63. The van der Waals surface area contributed by atoms with Crippen LogP contribution >= 0.6 is 0 Å². The van der Waals surface area contributed by atoms with Crippen molar-refractivity contribution in [2.75, 3.05) is 0 Å². The van der Waals surface area contributed by atoms with E-state index in [-0.39, 0.29) is 16.4 Å². The first-order chi connectivity index (χ1) is 10.3. The Kier molecular flexibility index (Phi) is 4.43. The highest BCUT2D eigenvalue weighted by molar-refractivity contribution is 6.02. The van der Waals surface area contributed by atoms with E-state index < -0.39 is 0 Å². The van der Waals surface area contributed by atoms with E-state index >= 15 is 0 Å². The summed E-state index contributed by atoms with van der Waals surface area (Å²) in [7, 11) is 0. The molecule has 0 atom stereocenters. The molecule has 0 saturated heterocycles. The molecule has 0 aromatic heterocycles. The molecular weight excluding hydrogens is 280 g/mol. The smallest absolute Gasteiger partial charge is 0.0699 e. The third kappa shape index (κ3) is 3.79. The van der Waals surface area contributed by atoms with E-state index in [1.54, 1.807) is 0 Å². The Morgan fingerprint density at radius 1 is 1.00 bits per heavy atom. The van der Waals surface area contributed by atoms with Gasteiger partial charge in [0, 0.05) is 6.42 Å². The summed E-state index contributed by atoms with van der Waals surface area (Å²) in [5, 5.41) is 4.63. The van der Waals surface area contributed by atoms with Crippen molar-refractivity contribution in [1.82, 2.24) is 5.43 Å². The van der Waals surface area contributed by atoms with Crippen LogP contribution in [0.4, 0.5) is 0 Å². The molecule has 0 spiro atoms. The fourth-order valence-electron chi connectivity index (χ4n) is 3.44. The molecule has 0 saturated carbocycles. The predicted octanol–water partition coefficient (Wildman–Crippen LogP) is 5.32. The number of hydrogen-bond donors (Lipinski definition) is 1. The molecule has 1 aromatic carbocycles. The fourth-order valence-corrected chi connectivity index (χ4v) is 3.44. The van der Waals surface area contributed by atoms with Gasteiger partial charge in [0.05, 0.1) is 11.3 Å². The molecule has 2 rings (SSSR count). The number of benzene rings is 1. The van der Waals surface area contributed by atoms with Crippen molar-refractivity contribution in [3.63, 3.8) is 0 Å². The molecule has 1 aliphatic heterocycles. The van der Waals surface area contributed by atoms with Crippen molar-refractivity contribution in [2.45, 2.75) is 91.5 Å². The van der Waals surface area contributed by atoms with Crippen LogP contribution in [0.3, 0.4) is 0 Å². The maximum absolute atomic E-state index is 4.63. The highest BCUT2D eigenvalue weighted by Crippen LogP contribution is 2.36. The van der Waals surface area contributed by atoms with Crippen LogP contribution in [0.2, 0.25) is 0 Å². The highest BCUT2D eigenvalue weighted by Gasteiger charge is 2.30. The van der Waals surface area contributed by atoms with Gasteiger partial charge in [-0.25, -0.2) is 0 Å². The molecule has 128 valence electrons. The standard InChI is InChI=1S/C21H34N2/c1-10-15-16(19(2,3)4)11-14(12-17(15)20(5,6)7)18-13-21(8,9)23-22-18/h11-12,23H,10,13H2,1-9H3. The summed E-state index contributed by atoms with van der Waals surface area (Å²) in [6.45, 7) is 20.6. The molecule has 1 aliphatic rings. The minimum atomic E-state index is 0.0581. The van der Waals surface area contributed by atoms with Gasteiger partial charge in [0.15, 0.2) is 0 Å². The van der Waals surface area contributed by atoms with Crippen molar-refractivity contribution in [1.29, 1.82) is 0 Å². The first-order valence-corrected chi connectivity index (χ1v) is 8.87. The van der Waals surface area contributed by atoms with Crippen molar-refractivity contribution in [3.05, 3.63) is 34.4 Å². The van der Waals surface area contributed by atoms with Crippen molar-refractivity contribution < 1.29 is 0 Å². The Morgan fingerprint density at radius 3 is 1.78 bits per heavy atom. The van der Waals surface area contributed by atoms with Crippen molar-refractivity contribution >= 4 is 5.71 Å². The van der Waals surface area contributed by atoms with Gasteiger partial charge in [0.1, 0.15) is 0 Å². The molecule has 1 N–H and O–H groups in total. The topological polar surface area (TPSA) is 24.4 Å². The average Bonchev–Trinajstić information content (AvgIpc) is 2.75. The largest absolute Gasteiger partial charge is 0.304 e. The van der Waals surface area contributed by atoms with E-state index in [0.717, 1.165) is 12.8 Å². The molecule has 0 bridgehead atoms. The molecular formula is C21H34N2. The van der Waals surface area contributed by atoms with Crippen LogP contribution < -0.4 is 5.43 Å². The molecule has 0 fully saturated rings. The van der Waals surface area contributed by atoms with Crippen LogP contribution in [0.1, 0.15) is 91.0 Å². The normalized spacial score (nSPS) is 17.9. The van der Waals surface area contributed by atoms with E-state index in [1.807, 2.05) is 0 Å². The first-order valence-electron chi connectivity index (χ1n) is 8.87. The Hall–Kier alpha value is -1.31. The summed E-state index contributed by atoms with van der Waals surface area (Å²) in [6, 6.07) is 4.77. The molecule has 23 heavy (non-hydrogen) atoms. The van der Waals surface area contributed by atoms with Crippen LogP contribution in [0.25, 0.3) is 0 Å². The summed E-state index contributed by atoms with van der Waals surface area (Å²) >= 11 is 0. The first kappa shape index (κ1) is 18.0. The summed E-state index contributed by atoms with van der Waals surface area (Å²) in [6.07, 6.45) is 2.06. The van der Waals surface area contributed by atoms with E-state index in [4.69, 9.17) is 0 Å². The van der Waals surface area contributed by atoms with Gasteiger partial charge in [0.25, 0.3) is 0 Å². The second kappa shape index (κ2) is 5.65. The molecule has 0 amide bonds. The van der Waals surface area contributed by atoms with Gasteiger partial charge in [-0.2, -0.15) is 5.10 Å². The van der Waals surface area contributed by atoms with E-state index in [2.05, 4.69) is 85.0 Å². The Balaban J connectivity index is 2.67. The third-order valence-corrected chi connectivity index (χ3v) is 4.66. The van der Waals surface area contributed by atoms with Gasteiger partial charge < -0.3 is 5.43 Å². The highest BCUT2D eigenvalue weighted by atomic mass is 15.4. The van der Waals surface area contributed by atoms with Gasteiger partial charge in [-0.1, -0.05) is 48.5 Å². The molecule has 2 nitrogen and oxygen atoms in total. The lowest BCUT2D eigenvalue weighted by Gasteiger charge is -2.31. The Labute approximate surface area is 142 Å². The van der Waals surface area contributed by atoms with Crippen LogP contribution in [-0.4, -0.2) is 11.3 Å². The number of hydrogen-bond acceptors (Lipinski definition) is 2. The average molecular weight is 315 g/mol. The molecule has 0 unspecified atom stereocenters. The van der Waals surface area contributed by atoms with Crippen LogP contribution in [0.5, 0.6) is 0 Å². The lowest BCUT2D eigenvalue weighted by Crippen LogP contribution is -2.31. The lowest BCUT2D eigenvalue weighted by atomic mass is 9.74. The Morgan fingerprint density at radius 2 is 1.48 bits per heavy atom. The SMILES string of the molecule is CCc1c(C(C)(C)C)cc(C2=NNC(C)(C)C2)cc1C(C)(C)C. The van der Waals surface area contributed by atoms with Gasteiger partial charge in [0.2, 0.25) is 0 Å². The van der Waals surface area contributed by atoms with Gasteiger partial charge >= 0.3 is 0 Å². The fraction of sp³-hybridized carbons (Fsp3) is 0.667. The minimum Gasteiger partial charge on any atom is -0.304 e. The van der Waals surface area contributed by atoms with Crippen molar-refractivity contribution in [3.8, 4) is 0 Å². The third-order valence-electron chi connectivity index (χ3n) is 4.66. The summed E-state index contributed by atoms with van der Waals surface area (Å²) in [5.74, 6) is 0. The maximum Gasteiger partial charge on any atom is 0.0699 e. The Bertz CT molecular complexity index is 587. The van der Waals surface area contributed by atoms with E-state index in [1.165, 1.54) is 28.0 Å². The maximum atomic E-state index is 4.63. The van der Waals surface area contributed by atoms with E-state index in [0.29, 0.717) is 0 Å². The number of hydrazone groups is 1. The zero-order chi connectivity index (χ0) is 17.6. The molecule has 0 radical (unpaired) electrons. The van der Waals surface area contributed by atoms with Gasteiger partial charge in [-0.05, 0) is 65.5 Å². The van der Waals surface area contributed by atoms with E-state index in [9.17, 15) is 0 Å². The number of rotatable bonds is 2. The quantitative estimate of drug-likeness (QED) is 0.785. The zero-order valence-corrected chi connectivity index (χ0v) is 16.5. The van der Waals surface area contributed by atoms with Gasteiger partial charge in [-0.3, -0.25) is 0 Å². The number of nitrogens with one attached hydrogen (secondary N) is 1. The molecule has 0 aliphatic carbocycles. The molecule has 1 heterocycles. The lowest BCUT2D eigenvalue weighted by molar-refractivity contribution is 0.446. The summed E-state index contributed by atoms with van der Waals surface area (Å²) < 4.78 is 0.